The number of rotatable bonds is 5. The number of nitriles is 1. The van der Waals surface area contributed by atoms with Crippen LogP contribution in [-0.4, -0.2) is 42.2 Å². The molecule has 1 atom stereocenters. The molecule has 0 fully saturated rings. The van der Waals surface area contributed by atoms with Crippen molar-refractivity contribution in [3.05, 3.63) is 29.8 Å². The fraction of sp³-hybridized carbons (Fsp3) is 0.385. The van der Waals surface area contributed by atoms with Crippen molar-refractivity contribution in [3.8, 4) is 6.07 Å². The maximum Gasteiger partial charge on any atom is 0.238 e. The van der Waals surface area contributed by atoms with E-state index < -0.39 is 6.10 Å². The fourth-order valence-corrected chi connectivity index (χ4v) is 1.64. The highest BCUT2D eigenvalue weighted by molar-refractivity contribution is 5.93. The predicted octanol–water partition coefficient (Wildman–Crippen LogP) is 0.809. The molecule has 1 rings (SSSR count). The maximum atomic E-state index is 11.7. The van der Waals surface area contributed by atoms with Crippen molar-refractivity contribution in [3.63, 3.8) is 0 Å². The lowest BCUT2D eigenvalue weighted by molar-refractivity contribution is -0.117. The van der Waals surface area contributed by atoms with Crippen molar-refractivity contribution in [2.45, 2.75) is 13.0 Å². The van der Waals surface area contributed by atoms with Crippen LogP contribution in [0.15, 0.2) is 24.3 Å². The van der Waals surface area contributed by atoms with Gasteiger partial charge in [-0.15, -0.1) is 0 Å². The van der Waals surface area contributed by atoms with Gasteiger partial charge < -0.3 is 10.4 Å². The highest BCUT2D eigenvalue weighted by Crippen LogP contribution is 2.13. The van der Waals surface area contributed by atoms with Gasteiger partial charge in [0.2, 0.25) is 5.91 Å². The summed E-state index contributed by atoms with van der Waals surface area (Å²) >= 11 is 0. The van der Waals surface area contributed by atoms with Crippen molar-refractivity contribution in [1.82, 2.24) is 4.90 Å². The van der Waals surface area contributed by atoms with E-state index in [2.05, 4.69) is 5.32 Å². The van der Waals surface area contributed by atoms with Crippen molar-refractivity contribution in [2.24, 2.45) is 0 Å². The van der Waals surface area contributed by atoms with Gasteiger partial charge in [-0.2, -0.15) is 5.26 Å². The standard InChI is InChI=1S/C13H17N3O2/c1-10(17)8-16(2)9-13(18)15-12-6-4-3-5-11(12)7-14/h3-6,10,17H,8-9H2,1-2H3,(H,15,18). The molecule has 0 aromatic heterocycles. The minimum Gasteiger partial charge on any atom is -0.392 e. The van der Waals surface area contributed by atoms with E-state index >= 15 is 0 Å². The number of nitrogens with one attached hydrogen (secondary N) is 1. The van der Waals surface area contributed by atoms with E-state index in [1.165, 1.54) is 0 Å². The summed E-state index contributed by atoms with van der Waals surface area (Å²) in [6, 6.07) is 8.86. The molecular weight excluding hydrogens is 230 g/mol. The molecule has 0 saturated carbocycles. The Kier molecular flexibility index (Phi) is 5.31. The Morgan fingerprint density at radius 3 is 2.83 bits per heavy atom. The molecule has 1 unspecified atom stereocenters. The van der Waals surface area contributed by atoms with Crippen LogP contribution in [0.4, 0.5) is 5.69 Å². The topological polar surface area (TPSA) is 76.4 Å². The number of aliphatic hydroxyl groups is 1. The van der Waals surface area contributed by atoms with Crippen LogP contribution >= 0.6 is 0 Å². The second-order valence-electron chi connectivity index (χ2n) is 4.25. The van der Waals surface area contributed by atoms with Crippen LogP contribution < -0.4 is 5.32 Å². The molecule has 0 bridgehead atoms. The fourth-order valence-electron chi connectivity index (χ4n) is 1.64. The summed E-state index contributed by atoms with van der Waals surface area (Å²) in [7, 11) is 1.75. The van der Waals surface area contributed by atoms with E-state index in [4.69, 9.17) is 5.26 Å². The Hall–Kier alpha value is -1.90. The quantitative estimate of drug-likeness (QED) is 0.807. The number of benzene rings is 1. The molecule has 1 aromatic carbocycles. The molecule has 18 heavy (non-hydrogen) atoms. The smallest absolute Gasteiger partial charge is 0.238 e. The summed E-state index contributed by atoms with van der Waals surface area (Å²) in [5, 5.41) is 20.8. The van der Waals surface area contributed by atoms with Crippen LogP contribution in [0.3, 0.4) is 0 Å². The highest BCUT2D eigenvalue weighted by atomic mass is 16.3. The number of carbonyl (C=O) groups is 1. The zero-order valence-corrected chi connectivity index (χ0v) is 10.6. The largest absolute Gasteiger partial charge is 0.392 e. The maximum absolute atomic E-state index is 11.7. The molecule has 0 aliphatic heterocycles. The minimum atomic E-state index is -0.478. The van der Waals surface area contributed by atoms with Gasteiger partial charge >= 0.3 is 0 Å². The average Bonchev–Trinajstić information content (AvgIpc) is 2.28. The first-order valence-electron chi connectivity index (χ1n) is 5.68. The lowest BCUT2D eigenvalue weighted by Gasteiger charge is -2.17. The molecule has 1 amide bonds. The van der Waals surface area contributed by atoms with Gasteiger partial charge in [-0.25, -0.2) is 0 Å². The zero-order chi connectivity index (χ0) is 13.5. The predicted molar refractivity (Wildman–Crippen MR) is 69.0 cm³/mol. The van der Waals surface area contributed by atoms with Gasteiger partial charge in [0.1, 0.15) is 6.07 Å². The van der Waals surface area contributed by atoms with Gasteiger partial charge in [0.05, 0.1) is 23.9 Å². The second kappa shape index (κ2) is 6.74. The first-order chi connectivity index (χ1) is 8.52. The van der Waals surface area contributed by atoms with E-state index in [0.717, 1.165) is 0 Å². The van der Waals surface area contributed by atoms with E-state index in [0.29, 0.717) is 17.8 Å². The summed E-state index contributed by atoms with van der Waals surface area (Å²) in [5.41, 5.74) is 0.944. The second-order valence-corrected chi connectivity index (χ2v) is 4.25. The third-order valence-electron chi connectivity index (χ3n) is 2.31. The number of likely N-dealkylation sites (N-methyl/N-ethyl adjacent to an activating group) is 1. The third kappa shape index (κ3) is 4.53. The summed E-state index contributed by atoms with van der Waals surface area (Å²) in [5.74, 6) is -0.208. The first kappa shape index (κ1) is 14.2. The summed E-state index contributed by atoms with van der Waals surface area (Å²) in [4.78, 5) is 13.4. The first-order valence-corrected chi connectivity index (χ1v) is 5.68. The van der Waals surface area contributed by atoms with Gasteiger partial charge in [0.15, 0.2) is 0 Å². The van der Waals surface area contributed by atoms with Gasteiger partial charge in [-0.05, 0) is 26.1 Å². The molecule has 2 N–H and O–H groups in total. The number of para-hydroxylation sites is 1. The number of amides is 1. The van der Waals surface area contributed by atoms with Crippen LogP contribution in [0.1, 0.15) is 12.5 Å². The Balaban J connectivity index is 2.57. The molecule has 0 aliphatic rings. The zero-order valence-electron chi connectivity index (χ0n) is 10.6. The van der Waals surface area contributed by atoms with Crippen molar-refractivity contribution >= 4 is 11.6 Å². The molecule has 96 valence electrons. The van der Waals surface area contributed by atoms with E-state index in [9.17, 15) is 9.90 Å². The van der Waals surface area contributed by atoms with E-state index in [1.54, 1.807) is 43.1 Å². The third-order valence-corrected chi connectivity index (χ3v) is 2.31. The van der Waals surface area contributed by atoms with Crippen molar-refractivity contribution in [1.29, 1.82) is 5.26 Å². The highest BCUT2D eigenvalue weighted by Gasteiger charge is 2.10. The van der Waals surface area contributed by atoms with Crippen molar-refractivity contribution in [2.75, 3.05) is 25.5 Å². The normalized spacial score (nSPS) is 11.9. The Morgan fingerprint density at radius 1 is 1.56 bits per heavy atom. The van der Waals surface area contributed by atoms with Crippen LogP contribution in [0.2, 0.25) is 0 Å². The average molecular weight is 247 g/mol. The molecular formula is C13H17N3O2. The number of aliphatic hydroxyl groups excluding tert-OH is 1. The number of carbonyl (C=O) groups excluding carboxylic acids is 1. The van der Waals surface area contributed by atoms with Gasteiger partial charge in [-0.1, -0.05) is 12.1 Å². The molecule has 1 aromatic rings. The molecule has 0 heterocycles. The Morgan fingerprint density at radius 2 is 2.22 bits per heavy atom. The van der Waals surface area contributed by atoms with Crippen LogP contribution in [0.5, 0.6) is 0 Å². The van der Waals surface area contributed by atoms with Crippen LogP contribution in [0.25, 0.3) is 0 Å². The summed E-state index contributed by atoms with van der Waals surface area (Å²) in [6.07, 6.45) is -0.478. The lowest BCUT2D eigenvalue weighted by Crippen LogP contribution is -2.34. The Bertz CT molecular complexity index is 452. The molecule has 5 nitrogen and oxygen atoms in total. The SMILES string of the molecule is CC(O)CN(C)CC(=O)Nc1ccccc1C#N. The number of anilines is 1. The minimum absolute atomic E-state index is 0.171. The lowest BCUT2D eigenvalue weighted by atomic mass is 10.2. The molecule has 5 heteroatoms. The van der Waals surface area contributed by atoms with Gasteiger partial charge in [-0.3, -0.25) is 9.69 Å². The molecule has 0 aliphatic carbocycles. The molecule has 0 saturated heterocycles. The monoisotopic (exact) mass is 247 g/mol. The van der Waals surface area contributed by atoms with Gasteiger partial charge in [0.25, 0.3) is 0 Å². The van der Waals surface area contributed by atoms with Crippen LogP contribution in [-0.2, 0) is 4.79 Å². The number of nitrogens with zero attached hydrogens (tertiary/aromatic N) is 2. The summed E-state index contributed by atoms with van der Waals surface area (Å²) in [6.45, 7) is 2.26. The Labute approximate surface area is 107 Å². The van der Waals surface area contributed by atoms with Crippen LogP contribution in [0, 0.1) is 11.3 Å². The van der Waals surface area contributed by atoms with E-state index in [-0.39, 0.29) is 12.5 Å². The number of hydrogen-bond donors (Lipinski definition) is 2. The molecule has 0 radical (unpaired) electrons. The van der Waals surface area contributed by atoms with E-state index in [1.807, 2.05) is 6.07 Å². The molecule has 0 spiro atoms. The van der Waals surface area contributed by atoms with Gasteiger partial charge in [0, 0.05) is 6.54 Å². The summed E-state index contributed by atoms with van der Waals surface area (Å²) < 4.78 is 0. The van der Waals surface area contributed by atoms with Crippen molar-refractivity contribution < 1.29 is 9.90 Å². The number of hydrogen-bond acceptors (Lipinski definition) is 4.